The van der Waals surface area contributed by atoms with Crippen LogP contribution in [0.4, 0.5) is 9.18 Å². The molecule has 1 unspecified atom stereocenters. The summed E-state index contributed by atoms with van der Waals surface area (Å²) in [5, 5.41) is 12.8. The smallest absolute Gasteiger partial charge is 0.404 e. The first-order valence-electron chi connectivity index (χ1n) is 6.33. The van der Waals surface area contributed by atoms with Gasteiger partial charge in [-0.25, -0.2) is 9.18 Å². The molecule has 1 aromatic rings. The predicted molar refractivity (Wildman–Crippen MR) is 72.2 cm³/mol. The molecule has 1 aliphatic heterocycles. The molecule has 0 spiro atoms. The Morgan fingerprint density at radius 2 is 2.33 bits per heavy atom. The molecule has 4 N–H and O–H groups in total. The van der Waals surface area contributed by atoms with Crippen molar-refractivity contribution >= 4 is 12.0 Å². The first kappa shape index (κ1) is 15.0. The van der Waals surface area contributed by atoms with Gasteiger partial charge in [-0.15, -0.1) is 0 Å². The van der Waals surface area contributed by atoms with E-state index in [-0.39, 0.29) is 17.8 Å². The van der Waals surface area contributed by atoms with Crippen molar-refractivity contribution in [3.63, 3.8) is 0 Å². The number of aliphatic hydroxyl groups excluding tert-OH is 1. The molecular formula is C14H15FN2O4. The van der Waals surface area contributed by atoms with Crippen LogP contribution < -0.4 is 11.1 Å². The molecule has 0 aliphatic carbocycles. The maximum atomic E-state index is 12.8. The Labute approximate surface area is 120 Å². The fourth-order valence-electron chi connectivity index (χ4n) is 2.16. The number of carbonyl (C=O) groups excluding carboxylic acids is 2. The second-order valence-corrected chi connectivity index (χ2v) is 4.62. The quantitative estimate of drug-likeness (QED) is 0.769. The van der Waals surface area contributed by atoms with E-state index >= 15 is 0 Å². The van der Waals surface area contributed by atoms with Gasteiger partial charge in [0.05, 0.1) is 6.33 Å². The minimum Gasteiger partial charge on any atom is -0.445 e. The van der Waals surface area contributed by atoms with Gasteiger partial charge >= 0.3 is 6.09 Å². The van der Waals surface area contributed by atoms with Crippen molar-refractivity contribution in [2.24, 2.45) is 5.73 Å². The van der Waals surface area contributed by atoms with Gasteiger partial charge in [-0.2, -0.15) is 0 Å². The first-order chi connectivity index (χ1) is 10.0. The lowest BCUT2D eigenvalue weighted by atomic mass is 9.94. The van der Waals surface area contributed by atoms with E-state index in [1.807, 2.05) is 0 Å². The highest BCUT2D eigenvalue weighted by atomic mass is 19.1. The van der Waals surface area contributed by atoms with E-state index in [1.165, 1.54) is 6.07 Å². The Kier molecular flexibility index (Phi) is 4.54. The third kappa shape index (κ3) is 3.38. The van der Waals surface area contributed by atoms with E-state index in [0.29, 0.717) is 24.1 Å². The predicted octanol–water partition coefficient (Wildman–Crippen LogP) is 0.955. The number of rotatable bonds is 4. The van der Waals surface area contributed by atoms with Crippen molar-refractivity contribution < 1.29 is 23.8 Å². The summed E-state index contributed by atoms with van der Waals surface area (Å²) in [7, 11) is 0. The number of fused-ring (bicyclic) bond motifs is 1. The molecular weight excluding hydrogens is 279 g/mol. The van der Waals surface area contributed by atoms with Gasteiger partial charge in [0.1, 0.15) is 12.7 Å². The summed E-state index contributed by atoms with van der Waals surface area (Å²) in [5.74, 6) is -0.171. The number of aliphatic hydroxyl groups is 1. The van der Waals surface area contributed by atoms with E-state index in [4.69, 9.17) is 5.73 Å². The van der Waals surface area contributed by atoms with Crippen LogP contribution in [0, 0.1) is 0 Å². The maximum absolute atomic E-state index is 12.8. The highest BCUT2D eigenvalue weighted by Gasteiger charge is 2.20. The minimum atomic E-state index is -1.27. The minimum absolute atomic E-state index is 0.131. The molecule has 1 heterocycles. The van der Waals surface area contributed by atoms with Crippen LogP contribution in [0.25, 0.3) is 0 Å². The van der Waals surface area contributed by atoms with Gasteiger partial charge in [0.15, 0.2) is 0 Å². The van der Waals surface area contributed by atoms with Gasteiger partial charge in [0.2, 0.25) is 0 Å². The summed E-state index contributed by atoms with van der Waals surface area (Å²) in [4.78, 5) is 22.1. The Balaban J connectivity index is 2.21. The van der Waals surface area contributed by atoms with Crippen LogP contribution in [-0.4, -0.2) is 30.3 Å². The topological polar surface area (TPSA) is 102 Å². The van der Waals surface area contributed by atoms with Gasteiger partial charge in [0, 0.05) is 17.7 Å². The molecule has 1 aromatic carbocycles. The summed E-state index contributed by atoms with van der Waals surface area (Å²) in [6.07, 6.45) is -1.51. The molecule has 2 amide bonds. The summed E-state index contributed by atoms with van der Waals surface area (Å²) < 4.78 is 17.3. The van der Waals surface area contributed by atoms with Crippen molar-refractivity contribution in [1.82, 2.24) is 5.32 Å². The number of ether oxygens (including phenoxy) is 1. The monoisotopic (exact) mass is 294 g/mol. The summed E-state index contributed by atoms with van der Waals surface area (Å²) in [6.45, 7) is 0.0759. The number of hydrogen-bond acceptors (Lipinski definition) is 4. The van der Waals surface area contributed by atoms with Crippen molar-refractivity contribution in [3.8, 4) is 0 Å². The molecule has 0 saturated carbocycles. The molecule has 0 saturated heterocycles. The summed E-state index contributed by atoms with van der Waals surface area (Å²) in [5.41, 5.74) is 6.41. The molecule has 21 heavy (non-hydrogen) atoms. The van der Waals surface area contributed by atoms with Crippen LogP contribution in [-0.2, 0) is 11.2 Å². The Hall–Kier alpha value is -2.41. The maximum Gasteiger partial charge on any atom is 0.404 e. The number of benzene rings is 1. The third-order valence-electron chi connectivity index (χ3n) is 3.24. The van der Waals surface area contributed by atoms with Gasteiger partial charge in [-0.1, -0.05) is 12.1 Å². The lowest BCUT2D eigenvalue weighted by Gasteiger charge is -2.20. The number of amides is 2. The number of primary amides is 1. The Morgan fingerprint density at radius 3 is 3.00 bits per heavy atom. The third-order valence-corrected chi connectivity index (χ3v) is 3.24. The molecule has 1 aliphatic rings. The number of halogens is 1. The van der Waals surface area contributed by atoms with Gasteiger partial charge < -0.3 is 20.9 Å². The number of hydrogen-bond donors (Lipinski definition) is 3. The number of carbonyl (C=O) groups is 2. The fourth-order valence-corrected chi connectivity index (χ4v) is 2.16. The Bertz CT molecular complexity index is 601. The molecule has 6 nitrogen and oxygen atoms in total. The average molecular weight is 294 g/mol. The van der Waals surface area contributed by atoms with E-state index in [2.05, 4.69) is 10.1 Å². The Morgan fingerprint density at radius 1 is 1.57 bits per heavy atom. The van der Waals surface area contributed by atoms with Crippen molar-refractivity contribution in [2.45, 2.75) is 12.5 Å². The standard InChI is InChI=1S/C14H15FN2O4/c15-6-10(7-21-14(16)20)12(18)9-1-2-11-8(5-9)3-4-17-13(11)19/h1-2,5-6,12,18H,3-4,7H2,(H2,16,20)(H,17,19). The zero-order valence-electron chi connectivity index (χ0n) is 11.1. The van der Waals surface area contributed by atoms with Crippen LogP contribution in [0.1, 0.15) is 27.6 Å². The normalized spacial score (nSPS) is 15.9. The second kappa shape index (κ2) is 6.36. The molecule has 112 valence electrons. The van der Waals surface area contributed by atoms with Crippen LogP contribution >= 0.6 is 0 Å². The van der Waals surface area contributed by atoms with Gasteiger partial charge in [0.25, 0.3) is 5.91 Å². The van der Waals surface area contributed by atoms with Crippen LogP contribution in [0.2, 0.25) is 0 Å². The van der Waals surface area contributed by atoms with E-state index in [0.717, 1.165) is 5.56 Å². The lowest BCUT2D eigenvalue weighted by Crippen LogP contribution is -2.31. The van der Waals surface area contributed by atoms with Gasteiger partial charge in [-0.05, 0) is 23.6 Å². The van der Waals surface area contributed by atoms with Crippen molar-refractivity contribution in [3.05, 3.63) is 46.8 Å². The molecule has 0 bridgehead atoms. The lowest BCUT2D eigenvalue weighted by molar-refractivity contribution is 0.0945. The number of nitrogens with two attached hydrogens (primary N) is 1. The highest BCUT2D eigenvalue weighted by Crippen LogP contribution is 2.25. The van der Waals surface area contributed by atoms with E-state index in [1.54, 1.807) is 12.1 Å². The largest absolute Gasteiger partial charge is 0.445 e. The van der Waals surface area contributed by atoms with Crippen LogP contribution in [0.3, 0.4) is 0 Å². The van der Waals surface area contributed by atoms with Crippen molar-refractivity contribution in [2.75, 3.05) is 13.2 Å². The highest BCUT2D eigenvalue weighted by molar-refractivity contribution is 5.96. The first-order valence-corrected chi connectivity index (χ1v) is 6.33. The molecule has 7 heteroatoms. The van der Waals surface area contributed by atoms with Crippen LogP contribution in [0.5, 0.6) is 0 Å². The van der Waals surface area contributed by atoms with Crippen LogP contribution in [0.15, 0.2) is 30.1 Å². The molecule has 0 radical (unpaired) electrons. The zero-order valence-corrected chi connectivity index (χ0v) is 11.1. The molecule has 0 fully saturated rings. The zero-order chi connectivity index (χ0) is 15.4. The number of nitrogens with one attached hydrogen (secondary N) is 1. The SMILES string of the molecule is NC(=O)OCC(=CF)C(O)c1ccc2c(c1)CCNC2=O. The summed E-state index contributed by atoms with van der Waals surface area (Å²) >= 11 is 0. The average Bonchev–Trinajstić information content (AvgIpc) is 2.47. The molecule has 0 aromatic heterocycles. The van der Waals surface area contributed by atoms with E-state index in [9.17, 15) is 19.1 Å². The van der Waals surface area contributed by atoms with Crippen molar-refractivity contribution in [1.29, 1.82) is 0 Å². The van der Waals surface area contributed by atoms with E-state index < -0.39 is 18.8 Å². The van der Waals surface area contributed by atoms with Gasteiger partial charge in [-0.3, -0.25) is 4.79 Å². The fraction of sp³-hybridized carbons (Fsp3) is 0.286. The molecule has 1 atom stereocenters. The second-order valence-electron chi connectivity index (χ2n) is 4.62. The summed E-state index contributed by atoms with van der Waals surface area (Å²) in [6, 6.07) is 4.75. The molecule has 2 rings (SSSR count).